The summed E-state index contributed by atoms with van der Waals surface area (Å²) in [5.41, 5.74) is 10.5. The zero-order valence-corrected chi connectivity index (χ0v) is 10.7. The molecular formula is C12H25N3O2. The van der Waals surface area contributed by atoms with Crippen molar-refractivity contribution in [2.75, 3.05) is 13.1 Å². The van der Waals surface area contributed by atoms with Crippen LogP contribution in [0.1, 0.15) is 45.4 Å². The molecule has 0 bridgehead atoms. The Morgan fingerprint density at radius 3 is 2.65 bits per heavy atom. The third-order valence-electron chi connectivity index (χ3n) is 2.69. The number of aldehydes is 1. The summed E-state index contributed by atoms with van der Waals surface area (Å²) in [7, 11) is 0. The third-order valence-corrected chi connectivity index (χ3v) is 2.69. The molecule has 0 aliphatic heterocycles. The Labute approximate surface area is 103 Å². The average molecular weight is 243 g/mol. The quantitative estimate of drug-likeness (QED) is 0.276. The maximum Gasteiger partial charge on any atom is 0.167 e. The van der Waals surface area contributed by atoms with Crippen LogP contribution in [0.2, 0.25) is 0 Å². The number of Topliss-reactive ketones (excluding diaryl/α,β-unsaturated/α-hetero) is 1. The predicted octanol–water partition coefficient (Wildman–Crippen LogP) is 0.318. The molecule has 0 rings (SSSR count). The zero-order chi connectivity index (χ0) is 13.1. The van der Waals surface area contributed by atoms with Crippen LogP contribution in [0.5, 0.6) is 0 Å². The average Bonchev–Trinajstić information content (AvgIpc) is 2.32. The molecule has 0 fully saturated rings. The molecule has 0 aromatic carbocycles. The molecule has 0 aromatic rings. The van der Waals surface area contributed by atoms with Crippen molar-refractivity contribution in [3.63, 3.8) is 0 Å². The monoisotopic (exact) mass is 243 g/mol. The number of unbranched alkanes of at least 4 members (excludes halogenated alkanes) is 1. The Kier molecular flexibility index (Phi) is 8.85. The van der Waals surface area contributed by atoms with E-state index >= 15 is 0 Å². The van der Waals surface area contributed by atoms with Crippen molar-refractivity contribution >= 4 is 12.1 Å². The van der Waals surface area contributed by atoms with Crippen LogP contribution in [-0.4, -0.2) is 30.8 Å². The first kappa shape index (κ1) is 16.2. The Hall–Kier alpha value is -0.780. The van der Waals surface area contributed by atoms with Gasteiger partial charge in [-0.05, 0) is 32.4 Å². The van der Waals surface area contributed by atoms with Crippen molar-refractivity contribution < 1.29 is 9.59 Å². The van der Waals surface area contributed by atoms with Gasteiger partial charge < -0.3 is 16.3 Å². The van der Waals surface area contributed by atoms with Crippen molar-refractivity contribution in [2.24, 2.45) is 11.5 Å². The Morgan fingerprint density at radius 1 is 1.41 bits per heavy atom. The fraction of sp³-hybridized carbons (Fsp3) is 0.833. The van der Waals surface area contributed by atoms with Gasteiger partial charge in [-0.1, -0.05) is 13.3 Å². The molecule has 1 unspecified atom stereocenters. The van der Waals surface area contributed by atoms with Crippen molar-refractivity contribution in [2.45, 2.75) is 51.1 Å². The Bertz CT molecular complexity index is 234. The number of rotatable bonds is 11. The highest BCUT2D eigenvalue weighted by atomic mass is 16.1. The molecule has 0 aliphatic carbocycles. The Balaban J connectivity index is 4.22. The maximum atomic E-state index is 12.0. The smallest absolute Gasteiger partial charge is 0.167 e. The van der Waals surface area contributed by atoms with E-state index < -0.39 is 5.66 Å². The number of hydrogen-bond acceptors (Lipinski definition) is 5. The molecule has 0 heterocycles. The van der Waals surface area contributed by atoms with Crippen LogP contribution < -0.4 is 16.8 Å². The third kappa shape index (κ3) is 6.51. The minimum atomic E-state index is -0.952. The lowest BCUT2D eigenvalue weighted by Crippen LogP contribution is -2.59. The first-order chi connectivity index (χ1) is 8.10. The highest BCUT2D eigenvalue weighted by molar-refractivity contribution is 5.87. The van der Waals surface area contributed by atoms with E-state index in [4.69, 9.17) is 11.5 Å². The van der Waals surface area contributed by atoms with Crippen molar-refractivity contribution in [1.29, 1.82) is 0 Å². The van der Waals surface area contributed by atoms with E-state index in [9.17, 15) is 9.59 Å². The van der Waals surface area contributed by atoms with Crippen molar-refractivity contribution in [3.05, 3.63) is 0 Å². The van der Waals surface area contributed by atoms with E-state index in [0.717, 1.165) is 12.7 Å². The van der Waals surface area contributed by atoms with Gasteiger partial charge in [0.25, 0.3) is 0 Å². The van der Waals surface area contributed by atoms with Crippen LogP contribution in [-0.2, 0) is 9.59 Å². The molecular weight excluding hydrogens is 218 g/mol. The maximum absolute atomic E-state index is 12.0. The van der Waals surface area contributed by atoms with E-state index in [1.165, 1.54) is 0 Å². The summed E-state index contributed by atoms with van der Waals surface area (Å²) < 4.78 is 0. The van der Waals surface area contributed by atoms with Gasteiger partial charge in [0, 0.05) is 12.8 Å². The van der Waals surface area contributed by atoms with E-state index in [2.05, 4.69) is 5.32 Å². The molecule has 5 N–H and O–H groups in total. The lowest BCUT2D eigenvalue weighted by Gasteiger charge is -2.29. The van der Waals surface area contributed by atoms with Gasteiger partial charge in [-0.25, -0.2) is 0 Å². The normalized spacial score (nSPS) is 14.3. The highest BCUT2D eigenvalue weighted by Crippen LogP contribution is 2.11. The van der Waals surface area contributed by atoms with Gasteiger partial charge in [0.2, 0.25) is 0 Å². The van der Waals surface area contributed by atoms with Gasteiger partial charge in [0.1, 0.15) is 11.9 Å². The fourth-order valence-electron chi connectivity index (χ4n) is 1.70. The van der Waals surface area contributed by atoms with Gasteiger partial charge in [-0.15, -0.1) is 0 Å². The molecule has 0 spiro atoms. The van der Waals surface area contributed by atoms with Gasteiger partial charge in [0.05, 0.1) is 0 Å². The van der Waals surface area contributed by atoms with E-state index in [0.29, 0.717) is 45.2 Å². The summed E-state index contributed by atoms with van der Waals surface area (Å²) in [6.45, 7) is 3.08. The molecule has 0 amide bonds. The second-order valence-electron chi connectivity index (χ2n) is 4.27. The number of carbonyl (C=O) groups excluding carboxylic acids is 2. The van der Waals surface area contributed by atoms with Crippen LogP contribution >= 0.6 is 0 Å². The van der Waals surface area contributed by atoms with Gasteiger partial charge in [-0.2, -0.15) is 0 Å². The molecule has 0 saturated carbocycles. The molecule has 17 heavy (non-hydrogen) atoms. The molecule has 5 nitrogen and oxygen atoms in total. The number of hydrogen-bond donors (Lipinski definition) is 3. The van der Waals surface area contributed by atoms with Crippen LogP contribution in [0.3, 0.4) is 0 Å². The number of ketones is 1. The lowest BCUT2D eigenvalue weighted by molar-refractivity contribution is -0.125. The summed E-state index contributed by atoms with van der Waals surface area (Å²) in [5, 5.41) is 3.07. The molecule has 1 atom stereocenters. The van der Waals surface area contributed by atoms with Crippen molar-refractivity contribution in [1.82, 2.24) is 5.32 Å². The first-order valence-corrected chi connectivity index (χ1v) is 6.31. The summed E-state index contributed by atoms with van der Waals surface area (Å²) in [6, 6.07) is 0. The van der Waals surface area contributed by atoms with E-state index in [-0.39, 0.29) is 5.78 Å². The lowest BCUT2D eigenvalue weighted by atomic mass is 9.96. The first-order valence-electron chi connectivity index (χ1n) is 6.31. The van der Waals surface area contributed by atoms with Crippen molar-refractivity contribution in [3.8, 4) is 0 Å². The summed E-state index contributed by atoms with van der Waals surface area (Å²) in [6.07, 6.45) is 4.59. The van der Waals surface area contributed by atoms with Gasteiger partial charge in [-0.3, -0.25) is 10.1 Å². The van der Waals surface area contributed by atoms with Gasteiger partial charge in [0.15, 0.2) is 5.78 Å². The molecule has 5 heteroatoms. The SMILES string of the molecule is CCCC(N)(NCCCC=O)C(=O)CCCN. The summed E-state index contributed by atoms with van der Waals surface area (Å²) >= 11 is 0. The Morgan fingerprint density at radius 2 is 2.12 bits per heavy atom. The molecule has 100 valence electrons. The van der Waals surface area contributed by atoms with Crippen LogP contribution in [0.15, 0.2) is 0 Å². The van der Waals surface area contributed by atoms with E-state index in [1.807, 2.05) is 6.92 Å². The summed E-state index contributed by atoms with van der Waals surface area (Å²) in [5.74, 6) is 0.0101. The molecule has 0 saturated heterocycles. The number of nitrogens with one attached hydrogen (secondary N) is 1. The summed E-state index contributed by atoms with van der Waals surface area (Å²) in [4.78, 5) is 22.2. The largest absolute Gasteiger partial charge is 0.330 e. The molecule has 0 aromatic heterocycles. The second-order valence-corrected chi connectivity index (χ2v) is 4.27. The highest BCUT2D eigenvalue weighted by Gasteiger charge is 2.30. The topological polar surface area (TPSA) is 98.2 Å². The molecule has 0 radical (unpaired) electrons. The molecule has 0 aliphatic rings. The minimum Gasteiger partial charge on any atom is -0.330 e. The second kappa shape index (κ2) is 9.27. The number of carbonyl (C=O) groups is 2. The van der Waals surface area contributed by atoms with Crippen LogP contribution in [0.4, 0.5) is 0 Å². The predicted molar refractivity (Wildman–Crippen MR) is 68.4 cm³/mol. The van der Waals surface area contributed by atoms with Gasteiger partial charge >= 0.3 is 0 Å². The minimum absolute atomic E-state index is 0.0101. The zero-order valence-electron chi connectivity index (χ0n) is 10.7. The standard InChI is InChI=1S/C12H25N3O2/c1-2-7-12(14,11(17)6-5-8-13)15-9-3-4-10-16/h10,15H,2-9,13-14H2,1H3. The van der Waals surface area contributed by atoms with E-state index in [1.54, 1.807) is 0 Å². The van der Waals surface area contributed by atoms with Crippen LogP contribution in [0.25, 0.3) is 0 Å². The number of nitrogens with two attached hydrogens (primary N) is 2. The van der Waals surface area contributed by atoms with Crippen LogP contribution in [0, 0.1) is 0 Å². The fourth-order valence-corrected chi connectivity index (χ4v) is 1.70.